The summed E-state index contributed by atoms with van der Waals surface area (Å²) in [6, 6.07) is 10.6. The lowest BCUT2D eigenvalue weighted by Gasteiger charge is -2.10. The highest BCUT2D eigenvalue weighted by Gasteiger charge is 2.11. The Bertz CT molecular complexity index is 788. The van der Waals surface area contributed by atoms with Crippen LogP contribution in [0.5, 0.6) is 5.75 Å². The van der Waals surface area contributed by atoms with Crippen molar-refractivity contribution >= 4 is 22.5 Å². The fraction of sp³-hybridized carbons (Fsp3) is 0.0625. The van der Waals surface area contributed by atoms with Crippen molar-refractivity contribution in [2.45, 2.75) is 0 Å². The van der Waals surface area contributed by atoms with Crippen molar-refractivity contribution in [1.82, 2.24) is 9.97 Å². The van der Waals surface area contributed by atoms with Gasteiger partial charge >= 0.3 is 0 Å². The van der Waals surface area contributed by atoms with Crippen molar-refractivity contribution in [3.05, 3.63) is 60.6 Å². The van der Waals surface area contributed by atoms with E-state index in [-0.39, 0.29) is 5.91 Å². The molecule has 1 aromatic carbocycles. The molecule has 0 atom stereocenters. The number of hydrogen-bond acceptors (Lipinski definition) is 4. The Labute approximate surface area is 121 Å². The third kappa shape index (κ3) is 2.53. The lowest BCUT2D eigenvalue weighted by atomic mass is 10.1. The van der Waals surface area contributed by atoms with Crippen LogP contribution in [-0.2, 0) is 0 Å². The molecule has 5 nitrogen and oxygen atoms in total. The third-order valence-corrected chi connectivity index (χ3v) is 3.14. The SMILES string of the molecule is COc1ccc(NC(=O)c2ccncc2)c2cccnc12. The van der Waals surface area contributed by atoms with Crippen LogP contribution in [0.4, 0.5) is 5.69 Å². The molecule has 0 aliphatic carbocycles. The van der Waals surface area contributed by atoms with Crippen LogP contribution in [0.1, 0.15) is 10.4 Å². The summed E-state index contributed by atoms with van der Waals surface area (Å²) < 4.78 is 5.29. The average Bonchev–Trinajstić information content (AvgIpc) is 2.56. The van der Waals surface area contributed by atoms with Gasteiger partial charge in [0.15, 0.2) is 0 Å². The molecule has 0 bridgehead atoms. The van der Waals surface area contributed by atoms with Gasteiger partial charge in [-0.05, 0) is 36.4 Å². The van der Waals surface area contributed by atoms with Crippen LogP contribution in [0.2, 0.25) is 0 Å². The van der Waals surface area contributed by atoms with Crippen LogP contribution in [0, 0.1) is 0 Å². The highest BCUT2D eigenvalue weighted by molar-refractivity contribution is 6.09. The number of nitrogens with zero attached hydrogens (tertiary/aromatic N) is 2. The molecule has 0 spiro atoms. The maximum Gasteiger partial charge on any atom is 0.255 e. The minimum absolute atomic E-state index is 0.187. The van der Waals surface area contributed by atoms with Crippen molar-refractivity contribution < 1.29 is 9.53 Å². The van der Waals surface area contributed by atoms with E-state index in [1.165, 1.54) is 0 Å². The fourth-order valence-corrected chi connectivity index (χ4v) is 2.12. The van der Waals surface area contributed by atoms with Crippen molar-refractivity contribution in [2.75, 3.05) is 12.4 Å². The number of pyridine rings is 2. The first-order valence-electron chi connectivity index (χ1n) is 6.42. The quantitative estimate of drug-likeness (QED) is 0.800. The first kappa shape index (κ1) is 13.1. The fourth-order valence-electron chi connectivity index (χ4n) is 2.12. The van der Waals surface area contributed by atoms with Gasteiger partial charge < -0.3 is 10.1 Å². The molecule has 3 aromatic rings. The molecule has 1 amide bonds. The zero-order chi connectivity index (χ0) is 14.7. The smallest absolute Gasteiger partial charge is 0.255 e. The number of nitrogens with one attached hydrogen (secondary N) is 1. The summed E-state index contributed by atoms with van der Waals surface area (Å²) in [5.41, 5.74) is 1.96. The number of amides is 1. The molecule has 0 fully saturated rings. The largest absolute Gasteiger partial charge is 0.494 e. The summed E-state index contributed by atoms with van der Waals surface area (Å²) >= 11 is 0. The normalized spacial score (nSPS) is 10.3. The Kier molecular flexibility index (Phi) is 3.47. The van der Waals surface area contributed by atoms with E-state index < -0.39 is 0 Å². The van der Waals surface area contributed by atoms with Crippen LogP contribution in [0.15, 0.2) is 55.0 Å². The van der Waals surface area contributed by atoms with Gasteiger partial charge in [0.1, 0.15) is 11.3 Å². The first-order valence-corrected chi connectivity index (χ1v) is 6.42. The number of fused-ring (bicyclic) bond motifs is 1. The summed E-state index contributed by atoms with van der Waals surface area (Å²) in [7, 11) is 1.60. The van der Waals surface area contributed by atoms with Gasteiger partial charge in [-0.1, -0.05) is 0 Å². The van der Waals surface area contributed by atoms with Gasteiger partial charge in [0.2, 0.25) is 0 Å². The second-order valence-electron chi connectivity index (χ2n) is 4.40. The van der Waals surface area contributed by atoms with E-state index in [4.69, 9.17) is 4.74 Å². The van der Waals surface area contributed by atoms with Crippen molar-refractivity contribution in [3.63, 3.8) is 0 Å². The summed E-state index contributed by atoms with van der Waals surface area (Å²) in [5, 5.41) is 3.72. The molecule has 104 valence electrons. The number of ether oxygens (including phenoxy) is 1. The summed E-state index contributed by atoms with van der Waals surface area (Å²) in [4.78, 5) is 20.4. The zero-order valence-corrected chi connectivity index (χ0v) is 11.4. The Morgan fingerprint density at radius 1 is 1.10 bits per heavy atom. The van der Waals surface area contributed by atoms with Crippen molar-refractivity contribution in [1.29, 1.82) is 0 Å². The molecule has 0 saturated heterocycles. The number of hydrogen-bond donors (Lipinski definition) is 1. The molecule has 5 heteroatoms. The number of methoxy groups -OCH3 is 1. The van der Waals surface area contributed by atoms with Crippen LogP contribution in [0.3, 0.4) is 0 Å². The predicted octanol–water partition coefficient (Wildman–Crippen LogP) is 2.89. The Morgan fingerprint density at radius 3 is 2.67 bits per heavy atom. The molecular formula is C16H13N3O2. The van der Waals surface area contributed by atoms with Gasteiger partial charge in [0.25, 0.3) is 5.91 Å². The molecule has 0 radical (unpaired) electrons. The minimum Gasteiger partial charge on any atom is -0.494 e. The molecular weight excluding hydrogens is 266 g/mol. The number of benzene rings is 1. The highest BCUT2D eigenvalue weighted by atomic mass is 16.5. The monoisotopic (exact) mass is 279 g/mol. The van der Waals surface area contributed by atoms with Crippen LogP contribution in [-0.4, -0.2) is 23.0 Å². The zero-order valence-electron chi connectivity index (χ0n) is 11.4. The van der Waals surface area contributed by atoms with Gasteiger partial charge in [-0.25, -0.2) is 0 Å². The van der Waals surface area contributed by atoms with Gasteiger partial charge in [0.05, 0.1) is 12.8 Å². The van der Waals surface area contributed by atoms with Crippen LogP contribution >= 0.6 is 0 Å². The molecule has 3 rings (SSSR count). The van der Waals surface area contributed by atoms with E-state index >= 15 is 0 Å². The Balaban J connectivity index is 2.00. The number of carbonyl (C=O) groups is 1. The van der Waals surface area contributed by atoms with Gasteiger partial charge in [-0.15, -0.1) is 0 Å². The summed E-state index contributed by atoms with van der Waals surface area (Å²) in [6.45, 7) is 0. The number of aromatic nitrogens is 2. The van der Waals surface area contributed by atoms with Gasteiger partial charge in [0, 0.05) is 29.5 Å². The molecule has 0 aliphatic rings. The number of rotatable bonds is 3. The Hall–Kier alpha value is -2.95. The standard InChI is InChI=1S/C16H13N3O2/c1-21-14-5-4-13(12-3-2-8-18-15(12)14)19-16(20)11-6-9-17-10-7-11/h2-10H,1H3,(H,19,20). The topological polar surface area (TPSA) is 64.1 Å². The van der Waals surface area contributed by atoms with Crippen LogP contribution < -0.4 is 10.1 Å². The molecule has 0 aliphatic heterocycles. The Morgan fingerprint density at radius 2 is 1.90 bits per heavy atom. The van der Waals surface area contributed by atoms with E-state index in [2.05, 4.69) is 15.3 Å². The maximum absolute atomic E-state index is 12.2. The molecule has 1 N–H and O–H groups in total. The highest BCUT2D eigenvalue weighted by Crippen LogP contribution is 2.29. The molecule has 0 saturated carbocycles. The van der Waals surface area contributed by atoms with Gasteiger partial charge in [-0.2, -0.15) is 0 Å². The molecule has 2 aromatic heterocycles. The second kappa shape index (κ2) is 5.58. The maximum atomic E-state index is 12.2. The van der Waals surface area contributed by atoms with E-state index in [9.17, 15) is 4.79 Å². The number of anilines is 1. The van der Waals surface area contributed by atoms with E-state index in [0.29, 0.717) is 22.5 Å². The summed E-state index contributed by atoms with van der Waals surface area (Å²) in [6.07, 6.45) is 4.87. The lowest BCUT2D eigenvalue weighted by molar-refractivity contribution is 0.102. The van der Waals surface area contributed by atoms with Crippen LogP contribution in [0.25, 0.3) is 10.9 Å². The van der Waals surface area contributed by atoms with E-state index in [0.717, 1.165) is 5.39 Å². The number of carbonyl (C=O) groups excluding carboxylic acids is 1. The van der Waals surface area contributed by atoms with Crippen molar-refractivity contribution in [2.24, 2.45) is 0 Å². The molecule has 2 heterocycles. The predicted molar refractivity (Wildman–Crippen MR) is 80.5 cm³/mol. The molecule has 21 heavy (non-hydrogen) atoms. The minimum atomic E-state index is -0.187. The van der Waals surface area contributed by atoms with E-state index in [1.807, 2.05) is 18.2 Å². The van der Waals surface area contributed by atoms with Crippen molar-refractivity contribution in [3.8, 4) is 5.75 Å². The van der Waals surface area contributed by atoms with E-state index in [1.54, 1.807) is 43.9 Å². The summed E-state index contributed by atoms with van der Waals surface area (Å²) in [5.74, 6) is 0.486. The third-order valence-electron chi connectivity index (χ3n) is 3.14. The second-order valence-corrected chi connectivity index (χ2v) is 4.40. The lowest BCUT2D eigenvalue weighted by Crippen LogP contribution is -2.12. The first-order chi connectivity index (χ1) is 10.3. The molecule has 0 unspecified atom stereocenters. The van der Waals surface area contributed by atoms with Gasteiger partial charge in [-0.3, -0.25) is 14.8 Å². The average molecular weight is 279 g/mol.